The minimum absolute atomic E-state index is 0.0172. The maximum Gasteiger partial charge on any atom is 0.258 e. The highest BCUT2D eigenvalue weighted by Gasteiger charge is 2.33. The highest BCUT2D eigenvalue weighted by Crippen LogP contribution is 2.30. The Kier molecular flexibility index (Phi) is 5.08. The van der Waals surface area contributed by atoms with E-state index in [1.54, 1.807) is 10.6 Å². The number of hydrogen-bond donors (Lipinski definition) is 1. The maximum atomic E-state index is 13.8. The molecule has 1 saturated heterocycles. The lowest BCUT2D eigenvalue weighted by Crippen LogP contribution is -2.39. The van der Waals surface area contributed by atoms with Crippen molar-refractivity contribution >= 4 is 17.2 Å². The van der Waals surface area contributed by atoms with Gasteiger partial charge in [0, 0.05) is 30.9 Å². The highest BCUT2D eigenvalue weighted by molar-refractivity contribution is 6.06. The molecule has 4 aromatic rings. The highest BCUT2D eigenvalue weighted by atomic mass is 19.1. The molecule has 1 aliphatic heterocycles. The Hall–Kier alpha value is -3.74. The third-order valence-corrected chi connectivity index (χ3v) is 5.69. The van der Waals surface area contributed by atoms with E-state index in [-0.39, 0.29) is 17.8 Å². The Morgan fingerprint density at radius 3 is 2.74 bits per heavy atom. The van der Waals surface area contributed by atoms with E-state index in [4.69, 9.17) is 5.10 Å². The van der Waals surface area contributed by atoms with Gasteiger partial charge in [0.2, 0.25) is 0 Å². The summed E-state index contributed by atoms with van der Waals surface area (Å²) in [5.74, 6) is 0.211. The summed E-state index contributed by atoms with van der Waals surface area (Å²) in [6, 6.07) is 18.6. The summed E-state index contributed by atoms with van der Waals surface area (Å²) in [6.45, 7) is 1.25. The van der Waals surface area contributed by atoms with Gasteiger partial charge in [-0.3, -0.25) is 4.79 Å². The number of nitrogens with one attached hydrogen (secondary N) is 1. The topological polar surface area (TPSA) is 62.5 Å². The molecule has 1 aliphatic rings. The lowest BCUT2D eigenvalue weighted by molar-refractivity contribution is 0.0746. The standard InChI is InChI=1S/C24H22FN5O/c25-18-11-12-21(26-15-18)27-16-19-9-6-13-29(19)24(31)22-20-10-4-5-14-30(20)28-23(22)17-7-2-1-3-8-17/h1-5,7-8,10-12,14-15,19H,6,9,13,16H2,(H,26,27)/t19-/m0/s1. The fraction of sp³-hybridized carbons (Fsp3) is 0.208. The lowest BCUT2D eigenvalue weighted by Gasteiger charge is -2.25. The quantitative estimate of drug-likeness (QED) is 0.529. The first kappa shape index (κ1) is 19.2. The number of hydrogen-bond acceptors (Lipinski definition) is 4. The molecule has 31 heavy (non-hydrogen) atoms. The van der Waals surface area contributed by atoms with Gasteiger partial charge in [-0.15, -0.1) is 0 Å². The minimum Gasteiger partial charge on any atom is -0.368 e. The largest absolute Gasteiger partial charge is 0.368 e. The van der Waals surface area contributed by atoms with Crippen molar-refractivity contribution in [2.24, 2.45) is 0 Å². The van der Waals surface area contributed by atoms with Crippen molar-refractivity contribution in [3.8, 4) is 11.3 Å². The molecule has 1 atom stereocenters. The minimum atomic E-state index is -0.371. The van der Waals surface area contributed by atoms with Crippen molar-refractivity contribution < 1.29 is 9.18 Å². The average molecular weight is 415 g/mol. The zero-order valence-corrected chi connectivity index (χ0v) is 16.9. The third kappa shape index (κ3) is 3.74. The van der Waals surface area contributed by atoms with Crippen LogP contribution in [0.15, 0.2) is 73.1 Å². The second-order valence-corrected chi connectivity index (χ2v) is 7.66. The Morgan fingerprint density at radius 2 is 1.94 bits per heavy atom. The number of nitrogens with zero attached hydrogens (tertiary/aromatic N) is 4. The summed E-state index contributed by atoms with van der Waals surface area (Å²) in [6.07, 6.45) is 4.89. The Bertz CT molecular complexity index is 1210. The van der Waals surface area contributed by atoms with Crippen molar-refractivity contribution in [1.82, 2.24) is 19.5 Å². The van der Waals surface area contributed by atoms with Crippen molar-refractivity contribution in [3.05, 3.63) is 84.4 Å². The van der Waals surface area contributed by atoms with Gasteiger partial charge in [-0.25, -0.2) is 13.9 Å². The molecular formula is C24H22FN5O. The number of aromatic nitrogens is 3. The summed E-state index contributed by atoms with van der Waals surface area (Å²) in [5, 5.41) is 7.95. The summed E-state index contributed by atoms with van der Waals surface area (Å²) in [7, 11) is 0. The lowest BCUT2D eigenvalue weighted by atomic mass is 10.0. The van der Waals surface area contributed by atoms with Gasteiger partial charge in [0.25, 0.3) is 5.91 Å². The number of fused-ring (bicyclic) bond motifs is 1. The zero-order valence-electron chi connectivity index (χ0n) is 16.9. The predicted octanol–water partition coefficient (Wildman–Crippen LogP) is 4.25. The van der Waals surface area contributed by atoms with Crippen molar-refractivity contribution in [2.45, 2.75) is 18.9 Å². The number of benzene rings is 1. The smallest absolute Gasteiger partial charge is 0.258 e. The summed E-state index contributed by atoms with van der Waals surface area (Å²) in [5.41, 5.74) is 3.03. The van der Waals surface area contributed by atoms with E-state index in [0.717, 1.165) is 23.9 Å². The van der Waals surface area contributed by atoms with E-state index in [0.29, 0.717) is 30.2 Å². The fourth-order valence-corrected chi connectivity index (χ4v) is 4.17. The van der Waals surface area contributed by atoms with Crippen molar-refractivity contribution in [2.75, 3.05) is 18.4 Å². The average Bonchev–Trinajstić information content (AvgIpc) is 3.44. The van der Waals surface area contributed by atoms with E-state index in [9.17, 15) is 9.18 Å². The molecule has 0 unspecified atom stereocenters. The number of carbonyl (C=O) groups excluding carboxylic acids is 1. The van der Waals surface area contributed by atoms with Gasteiger partial charge in [0.15, 0.2) is 0 Å². The van der Waals surface area contributed by atoms with Crippen LogP contribution in [0, 0.1) is 5.82 Å². The van der Waals surface area contributed by atoms with Gasteiger partial charge in [0.05, 0.1) is 17.3 Å². The van der Waals surface area contributed by atoms with Crippen LogP contribution in [0.2, 0.25) is 0 Å². The van der Waals surface area contributed by atoms with Crippen molar-refractivity contribution in [3.63, 3.8) is 0 Å². The molecule has 6 nitrogen and oxygen atoms in total. The molecule has 7 heteroatoms. The van der Waals surface area contributed by atoms with E-state index in [1.165, 1.54) is 12.3 Å². The molecule has 1 fully saturated rings. The second kappa shape index (κ2) is 8.18. The second-order valence-electron chi connectivity index (χ2n) is 7.66. The van der Waals surface area contributed by atoms with E-state index in [1.807, 2.05) is 59.6 Å². The van der Waals surface area contributed by atoms with E-state index >= 15 is 0 Å². The van der Waals surface area contributed by atoms with Crippen LogP contribution in [-0.2, 0) is 0 Å². The number of pyridine rings is 2. The summed E-state index contributed by atoms with van der Waals surface area (Å²) >= 11 is 0. The molecule has 3 aromatic heterocycles. The molecule has 4 heterocycles. The molecule has 1 N–H and O–H groups in total. The first-order valence-corrected chi connectivity index (χ1v) is 10.4. The Balaban J connectivity index is 1.45. The maximum absolute atomic E-state index is 13.8. The number of carbonyl (C=O) groups is 1. The number of anilines is 1. The monoisotopic (exact) mass is 415 g/mol. The molecule has 1 aromatic carbocycles. The van der Waals surface area contributed by atoms with Gasteiger partial charge >= 0.3 is 0 Å². The third-order valence-electron chi connectivity index (χ3n) is 5.69. The van der Waals surface area contributed by atoms with Gasteiger partial charge in [-0.2, -0.15) is 5.10 Å². The summed E-state index contributed by atoms with van der Waals surface area (Å²) in [4.78, 5) is 19.7. The van der Waals surface area contributed by atoms with Crippen molar-refractivity contribution in [1.29, 1.82) is 0 Å². The molecule has 0 bridgehead atoms. The molecule has 1 amide bonds. The molecule has 0 saturated carbocycles. The zero-order chi connectivity index (χ0) is 21.2. The number of halogens is 1. The van der Waals surface area contributed by atoms with E-state index < -0.39 is 0 Å². The van der Waals surface area contributed by atoms with Crippen LogP contribution >= 0.6 is 0 Å². The summed E-state index contributed by atoms with van der Waals surface area (Å²) < 4.78 is 14.9. The predicted molar refractivity (Wildman–Crippen MR) is 117 cm³/mol. The molecule has 5 rings (SSSR count). The first-order valence-electron chi connectivity index (χ1n) is 10.4. The van der Waals surface area contributed by atoms with Crippen LogP contribution < -0.4 is 5.32 Å². The molecular weight excluding hydrogens is 393 g/mol. The number of rotatable bonds is 5. The molecule has 0 radical (unpaired) electrons. The van der Waals surface area contributed by atoms with Crippen LogP contribution in [0.4, 0.5) is 10.2 Å². The van der Waals surface area contributed by atoms with Crippen LogP contribution in [-0.4, -0.2) is 44.5 Å². The van der Waals surface area contributed by atoms with Gasteiger partial charge in [-0.05, 0) is 37.1 Å². The number of amides is 1. The molecule has 0 spiro atoms. The number of likely N-dealkylation sites (tertiary alicyclic amines) is 1. The first-order chi connectivity index (χ1) is 15.2. The molecule has 156 valence electrons. The normalized spacial score (nSPS) is 16.0. The Morgan fingerprint density at radius 1 is 1.10 bits per heavy atom. The molecule has 0 aliphatic carbocycles. The Labute approximate surface area is 179 Å². The van der Waals surface area contributed by atoms with Crippen LogP contribution in [0.25, 0.3) is 16.8 Å². The van der Waals surface area contributed by atoms with E-state index in [2.05, 4.69) is 10.3 Å². The van der Waals surface area contributed by atoms with Crippen LogP contribution in [0.5, 0.6) is 0 Å². The van der Waals surface area contributed by atoms with Crippen LogP contribution in [0.1, 0.15) is 23.2 Å². The SMILES string of the molecule is O=C(c1c(-c2ccccc2)nn2ccccc12)N1CCC[C@H]1CNc1ccc(F)cn1. The fourth-order valence-electron chi connectivity index (χ4n) is 4.17. The van der Waals surface area contributed by atoms with Crippen LogP contribution in [0.3, 0.4) is 0 Å². The van der Waals surface area contributed by atoms with Gasteiger partial charge in [-0.1, -0.05) is 36.4 Å². The van der Waals surface area contributed by atoms with Gasteiger partial charge < -0.3 is 10.2 Å². The van der Waals surface area contributed by atoms with Gasteiger partial charge in [0.1, 0.15) is 17.3 Å².